The highest BCUT2D eigenvalue weighted by Crippen LogP contribution is 2.30. The molecule has 114 valence electrons. The number of aromatic nitrogens is 2. The fourth-order valence-corrected chi connectivity index (χ4v) is 2.96. The van der Waals surface area contributed by atoms with Crippen LogP contribution in [0, 0.1) is 0 Å². The quantitative estimate of drug-likeness (QED) is 0.863. The van der Waals surface area contributed by atoms with Gasteiger partial charge in [0.2, 0.25) is 17.7 Å². The molecule has 0 aromatic carbocycles. The van der Waals surface area contributed by atoms with Crippen LogP contribution in [0.2, 0.25) is 0 Å². The Morgan fingerprint density at radius 3 is 2.81 bits per heavy atom. The molecule has 0 unspecified atom stereocenters. The summed E-state index contributed by atoms with van der Waals surface area (Å²) < 4.78 is 5.19. The Morgan fingerprint density at radius 2 is 2.10 bits per heavy atom. The van der Waals surface area contributed by atoms with Gasteiger partial charge < -0.3 is 15.2 Å². The average molecular weight is 292 g/mol. The first-order valence-electron chi connectivity index (χ1n) is 7.62. The first-order chi connectivity index (χ1) is 10.2. The number of rotatable bonds is 4. The molecule has 1 aliphatic heterocycles. The van der Waals surface area contributed by atoms with Crippen molar-refractivity contribution in [3.8, 4) is 0 Å². The van der Waals surface area contributed by atoms with E-state index in [-0.39, 0.29) is 18.4 Å². The number of carbonyl (C=O) groups excluding carboxylic acids is 2. The maximum Gasteiger partial charge on any atom is 0.246 e. The molecule has 1 saturated carbocycles. The first-order valence-corrected chi connectivity index (χ1v) is 7.62. The fourth-order valence-electron chi connectivity index (χ4n) is 2.96. The minimum atomic E-state index is -0.432. The van der Waals surface area contributed by atoms with Crippen LogP contribution in [0.25, 0.3) is 0 Å². The maximum atomic E-state index is 11.9. The molecule has 1 aromatic rings. The molecule has 7 nitrogen and oxygen atoms in total. The second kappa shape index (κ2) is 6.24. The molecule has 2 N–H and O–H groups in total. The van der Waals surface area contributed by atoms with Gasteiger partial charge in [-0.25, -0.2) is 0 Å². The van der Waals surface area contributed by atoms with Crippen LogP contribution in [0.3, 0.4) is 0 Å². The average Bonchev–Trinajstić information content (AvgIpc) is 3.15. The van der Waals surface area contributed by atoms with Crippen LogP contribution in [-0.2, 0) is 16.1 Å². The molecular weight excluding hydrogens is 272 g/mol. The van der Waals surface area contributed by atoms with E-state index in [9.17, 15) is 9.59 Å². The second-order valence-electron chi connectivity index (χ2n) is 5.76. The van der Waals surface area contributed by atoms with E-state index in [1.54, 1.807) is 0 Å². The monoisotopic (exact) mass is 292 g/mol. The molecule has 2 heterocycles. The van der Waals surface area contributed by atoms with Gasteiger partial charge in [-0.1, -0.05) is 24.4 Å². The van der Waals surface area contributed by atoms with Crippen molar-refractivity contribution in [2.24, 2.45) is 0 Å². The van der Waals surface area contributed by atoms with Crippen LogP contribution in [0.5, 0.6) is 0 Å². The Hall–Kier alpha value is -1.92. The van der Waals surface area contributed by atoms with Gasteiger partial charge in [0.1, 0.15) is 6.04 Å². The van der Waals surface area contributed by atoms with E-state index in [0.717, 1.165) is 18.7 Å². The first kappa shape index (κ1) is 14.0. The predicted molar refractivity (Wildman–Crippen MR) is 73.1 cm³/mol. The molecule has 1 saturated heterocycles. The molecule has 1 atom stereocenters. The topological polar surface area (TPSA) is 97.1 Å². The van der Waals surface area contributed by atoms with Gasteiger partial charge in [-0.15, -0.1) is 0 Å². The maximum absolute atomic E-state index is 11.9. The summed E-state index contributed by atoms with van der Waals surface area (Å²) in [5.74, 6) is 1.30. The van der Waals surface area contributed by atoms with Crippen molar-refractivity contribution in [1.82, 2.24) is 20.8 Å². The number of carbonyl (C=O) groups is 2. The van der Waals surface area contributed by atoms with Crippen LogP contribution in [0.1, 0.15) is 62.6 Å². The summed E-state index contributed by atoms with van der Waals surface area (Å²) in [5, 5.41) is 9.38. The van der Waals surface area contributed by atoms with Crippen LogP contribution in [-0.4, -0.2) is 28.0 Å². The Bertz CT molecular complexity index is 522. The molecule has 3 rings (SSSR count). The molecular formula is C14H20N4O3. The minimum Gasteiger partial charge on any atom is -0.345 e. The molecule has 0 radical (unpaired) electrons. The molecule has 21 heavy (non-hydrogen) atoms. The van der Waals surface area contributed by atoms with Crippen molar-refractivity contribution in [3.63, 3.8) is 0 Å². The SMILES string of the molecule is O=C1CC[C@@H](C(=O)NCc2nc(C3CCCCC3)no2)N1. The van der Waals surface area contributed by atoms with Crippen molar-refractivity contribution in [2.45, 2.75) is 63.5 Å². The molecule has 1 aliphatic carbocycles. The Balaban J connectivity index is 1.50. The largest absolute Gasteiger partial charge is 0.345 e. The van der Waals surface area contributed by atoms with Gasteiger partial charge in [0.15, 0.2) is 5.82 Å². The lowest BCUT2D eigenvalue weighted by Gasteiger charge is -2.17. The third-order valence-electron chi connectivity index (χ3n) is 4.18. The smallest absolute Gasteiger partial charge is 0.246 e. The van der Waals surface area contributed by atoms with Gasteiger partial charge in [0, 0.05) is 12.3 Å². The van der Waals surface area contributed by atoms with Gasteiger partial charge in [-0.3, -0.25) is 9.59 Å². The number of hydrogen-bond donors (Lipinski definition) is 2. The third-order valence-corrected chi connectivity index (χ3v) is 4.18. The molecule has 7 heteroatoms. The van der Waals surface area contributed by atoms with Gasteiger partial charge in [0.25, 0.3) is 0 Å². The fraction of sp³-hybridized carbons (Fsp3) is 0.714. The molecule has 2 amide bonds. The lowest BCUT2D eigenvalue weighted by Crippen LogP contribution is -2.41. The summed E-state index contributed by atoms with van der Waals surface area (Å²) in [5.41, 5.74) is 0. The number of hydrogen-bond acceptors (Lipinski definition) is 5. The molecule has 0 bridgehead atoms. The Morgan fingerprint density at radius 1 is 1.29 bits per heavy atom. The van der Waals surface area contributed by atoms with E-state index in [1.807, 2.05) is 0 Å². The van der Waals surface area contributed by atoms with Crippen molar-refractivity contribution in [2.75, 3.05) is 0 Å². The zero-order valence-electron chi connectivity index (χ0n) is 11.9. The van der Waals surface area contributed by atoms with Crippen molar-refractivity contribution < 1.29 is 14.1 Å². The van der Waals surface area contributed by atoms with Crippen LogP contribution in [0.15, 0.2) is 4.52 Å². The van der Waals surface area contributed by atoms with E-state index in [1.165, 1.54) is 19.3 Å². The van der Waals surface area contributed by atoms with Crippen LogP contribution in [0.4, 0.5) is 0 Å². The highest BCUT2D eigenvalue weighted by molar-refractivity contribution is 5.90. The highest BCUT2D eigenvalue weighted by Gasteiger charge is 2.27. The van der Waals surface area contributed by atoms with Gasteiger partial charge in [-0.05, 0) is 19.3 Å². The summed E-state index contributed by atoms with van der Waals surface area (Å²) in [6.07, 6.45) is 6.88. The zero-order valence-corrected chi connectivity index (χ0v) is 11.9. The number of nitrogens with one attached hydrogen (secondary N) is 2. The molecule has 1 aromatic heterocycles. The van der Waals surface area contributed by atoms with E-state index in [4.69, 9.17) is 4.52 Å². The van der Waals surface area contributed by atoms with Gasteiger partial charge in [0.05, 0.1) is 6.54 Å². The van der Waals surface area contributed by atoms with Crippen molar-refractivity contribution in [3.05, 3.63) is 11.7 Å². The Kier molecular flexibility index (Phi) is 4.17. The van der Waals surface area contributed by atoms with Crippen molar-refractivity contribution >= 4 is 11.8 Å². The summed E-state index contributed by atoms with van der Waals surface area (Å²) >= 11 is 0. The highest BCUT2D eigenvalue weighted by atomic mass is 16.5. The predicted octanol–water partition coefficient (Wildman–Crippen LogP) is 1.01. The summed E-state index contributed by atoms with van der Waals surface area (Å²) in [6.45, 7) is 0.213. The number of amides is 2. The molecule has 2 fully saturated rings. The van der Waals surface area contributed by atoms with E-state index in [2.05, 4.69) is 20.8 Å². The van der Waals surface area contributed by atoms with Gasteiger partial charge in [-0.2, -0.15) is 4.98 Å². The lowest BCUT2D eigenvalue weighted by molar-refractivity contribution is -0.125. The minimum absolute atomic E-state index is 0.0764. The standard InChI is InChI=1S/C14H20N4O3/c19-11-7-6-10(16-11)14(20)15-8-12-17-13(18-21-12)9-4-2-1-3-5-9/h9-10H,1-8H2,(H,15,20)(H,16,19)/t10-/m0/s1. The number of nitrogens with zero attached hydrogens (tertiary/aromatic N) is 2. The van der Waals surface area contributed by atoms with E-state index >= 15 is 0 Å². The van der Waals surface area contributed by atoms with Crippen LogP contribution < -0.4 is 10.6 Å². The molecule has 2 aliphatic rings. The summed E-state index contributed by atoms with van der Waals surface area (Å²) in [7, 11) is 0. The van der Waals surface area contributed by atoms with E-state index in [0.29, 0.717) is 24.7 Å². The lowest BCUT2D eigenvalue weighted by atomic mass is 9.89. The van der Waals surface area contributed by atoms with Gasteiger partial charge >= 0.3 is 0 Å². The van der Waals surface area contributed by atoms with Crippen molar-refractivity contribution in [1.29, 1.82) is 0 Å². The van der Waals surface area contributed by atoms with Crippen LogP contribution >= 0.6 is 0 Å². The summed E-state index contributed by atoms with van der Waals surface area (Å²) in [4.78, 5) is 27.3. The summed E-state index contributed by atoms with van der Waals surface area (Å²) in [6, 6.07) is -0.432. The zero-order chi connectivity index (χ0) is 14.7. The third kappa shape index (κ3) is 3.40. The van der Waals surface area contributed by atoms with E-state index < -0.39 is 6.04 Å². The normalized spacial score (nSPS) is 23.0. The molecule has 0 spiro atoms. The second-order valence-corrected chi connectivity index (χ2v) is 5.76. The Labute approximate surface area is 122 Å².